The first-order chi connectivity index (χ1) is 13.1. The van der Waals surface area contributed by atoms with E-state index in [2.05, 4.69) is 77.7 Å². The molecule has 1 saturated heterocycles. The summed E-state index contributed by atoms with van der Waals surface area (Å²) in [6.45, 7) is 11.7. The molecule has 0 N–H and O–H groups in total. The topological polar surface area (TPSA) is 33.5 Å². The zero-order valence-electron chi connectivity index (χ0n) is 16.4. The molecule has 0 radical (unpaired) electrons. The minimum Gasteiger partial charge on any atom is -0.370 e. The van der Waals surface area contributed by atoms with Gasteiger partial charge in [-0.1, -0.05) is 23.8 Å². The molecule has 2 aromatic rings. The zero-order valence-corrected chi connectivity index (χ0v) is 16.4. The van der Waals surface area contributed by atoms with E-state index in [9.17, 15) is 5.26 Å². The predicted octanol–water partition coefficient (Wildman–Crippen LogP) is 3.81. The molecule has 1 heterocycles. The molecular formula is C23H28N4. The molecule has 0 amide bonds. The molecule has 0 spiro atoms. The number of piperazine rings is 1. The molecule has 0 aliphatic carbocycles. The van der Waals surface area contributed by atoms with Crippen LogP contribution in [-0.4, -0.2) is 44.7 Å². The third-order valence-electron chi connectivity index (χ3n) is 5.22. The summed E-state index contributed by atoms with van der Waals surface area (Å²) in [5, 5.41) is 9.54. The zero-order chi connectivity index (χ0) is 19.2. The third-order valence-corrected chi connectivity index (χ3v) is 5.22. The Morgan fingerprint density at radius 2 is 1.81 bits per heavy atom. The molecule has 1 aliphatic heterocycles. The lowest BCUT2D eigenvalue weighted by Gasteiger charge is -2.36. The Kier molecular flexibility index (Phi) is 6.16. The number of nitrogens with zero attached hydrogens (tertiary/aromatic N) is 4. The lowest BCUT2D eigenvalue weighted by molar-refractivity contribution is 0.284. The Hall–Kier alpha value is -2.77. The Balaban J connectivity index is 1.75. The maximum Gasteiger partial charge on any atom is 0.0995 e. The van der Waals surface area contributed by atoms with Crippen molar-refractivity contribution in [2.45, 2.75) is 13.5 Å². The quantitative estimate of drug-likeness (QED) is 0.734. The summed E-state index contributed by atoms with van der Waals surface area (Å²) in [6, 6.07) is 17.1. The monoisotopic (exact) mass is 360 g/mol. The highest BCUT2D eigenvalue weighted by Gasteiger charge is 2.17. The molecule has 4 nitrogen and oxygen atoms in total. The Morgan fingerprint density at radius 1 is 1.11 bits per heavy atom. The summed E-state index contributed by atoms with van der Waals surface area (Å²) in [5.41, 5.74) is 5.45. The normalized spacial score (nSPS) is 14.6. The van der Waals surface area contributed by atoms with Gasteiger partial charge in [0.2, 0.25) is 0 Å². The highest BCUT2D eigenvalue weighted by Crippen LogP contribution is 2.24. The van der Waals surface area contributed by atoms with Crippen molar-refractivity contribution in [1.82, 2.24) is 4.90 Å². The van der Waals surface area contributed by atoms with Gasteiger partial charge in [-0.25, -0.2) is 0 Å². The first-order valence-corrected chi connectivity index (χ1v) is 9.49. The molecule has 1 fully saturated rings. The number of hydrogen-bond donors (Lipinski definition) is 0. The summed E-state index contributed by atoms with van der Waals surface area (Å²) in [5.74, 6) is 0. The van der Waals surface area contributed by atoms with Crippen LogP contribution < -0.4 is 9.80 Å². The summed E-state index contributed by atoms with van der Waals surface area (Å²) in [6.07, 6.45) is 1.97. The van der Waals surface area contributed by atoms with Gasteiger partial charge in [0.1, 0.15) is 0 Å². The molecule has 0 atom stereocenters. The fourth-order valence-corrected chi connectivity index (χ4v) is 3.53. The second kappa shape index (κ2) is 8.75. The summed E-state index contributed by atoms with van der Waals surface area (Å²) in [7, 11) is 2.08. The minimum atomic E-state index is 0.718. The van der Waals surface area contributed by atoms with Crippen LogP contribution in [0.2, 0.25) is 0 Å². The van der Waals surface area contributed by atoms with Crippen LogP contribution >= 0.6 is 0 Å². The molecule has 27 heavy (non-hydrogen) atoms. The first kappa shape index (κ1) is 19.0. The van der Waals surface area contributed by atoms with Crippen LogP contribution in [0.5, 0.6) is 0 Å². The van der Waals surface area contributed by atoms with E-state index in [4.69, 9.17) is 0 Å². The van der Waals surface area contributed by atoms with Gasteiger partial charge in [0.25, 0.3) is 0 Å². The van der Waals surface area contributed by atoms with Gasteiger partial charge in [0, 0.05) is 57.7 Å². The van der Waals surface area contributed by atoms with Gasteiger partial charge in [0.05, 0.1) is 11.6 Å². The number of hydrogen-bond acceptors (Lipinski definition) is 4. The molecule has 0 saturated carbocycles. The second-order valence-corrected chi connectivity index (χ2v) is 7.22. The van der Waals surface area contributed by atoms with E-state index in [0.717, 1.165) is 56.1 Å². The first-order valence-electron chi connectivity index (χ1n) is 9.49. The smallest absolute Gasteiger partial charge is 0.0995 e. The highest BCUT2D eigenvalue weighted by atomic mass is 15.3. The SMILES string of the molecule is C=CCN1CCN(c2ccc(C#N)c(CN(C)c3ccc(C)cc3)c2)CC1. The van der Waals surface area contributed by atoms with Crippen molar-refractivity contribution < 1.29 is 0 Å². The molecular weight excluding hydrogens is 332 g/mol. The van der Waals surface area contributed by atoms with Crippen LogP contribution in [0.15, 0.2) is 55.1 Å². The molecule has 3 rings (SSSR count). The number of rotatable bonds is 6. The van der Waals surface area contributed by atoms with Crippen LogP contribution in [-0.2, 0) is 6.54 Å². The lowest BCUT2D eigenvalue weighted by Crippen LogP contribution is -2.46. The van der Waals surface area contributed by atoms with Gasteiger partial charge < -0.3 is 9.80 Å². The lowest BCUT2D eigenvalue weighted by atomic mass is 10.1. The number of aryl methyl sites for hydroxylation is 1. The average Bonchev–Trinajstić information content (AvgIpc) is 2.69. The number of benzene rings is 2. The minimum absolute atomic E-state index is 0.718. The summed E-state index contributed by atoms with van der Waals surface area (Å²) >= 11 is 0. The predicted molar refractivity (Wildman–Crippen MR) is 113 cm³/mol. The van der Waals surface area contributed by atoms with Crippen molar-refractivity contribution in [1.29, 1.82) is 5.26 Å². The molecule has 4 heteroatoms. The van der Waals surface area contributed by atoms with Gasteiger partial charge in [-0.15, -0.1) is 6.58 Å². The van der Waals surface area contributed by atoms with Crippen molar-refractivity contribution in [2.75, 3.05) is 49.6 Å². The van der Waals surface area contributed by atoms with Gasteiger partial charge in [-0.2, -0.15) is 5.26 Å². The molecule has 0 bridgehead atoms. The number of nitriles is 1. The van der Waals surface area contributed by atoms with Crippen LogP contribution in [0.25, 0.3) is 0 Å². The molecule has 2 aromatic carbocycles. The van der Waals surface area contributed by atoms with E-state index >= 15 is 0 Å². The van der Waals surface area contributed by atoms with E-state index in [-0.39, 0.29) is 0 Å². The van der Waals surface area contributed by atoms with Crippen molar-refractivity contribution in [3.8, 4) is 6.07 Å². The van der Waals surface area contributed by atoms with Crippen molar-refractivity contribution in [3.05, 3.63) is 71.8 Å². The van der Waals surface area contributed by atoms with E-state index in [1.807, 2.05) is 12.1 Å². The van der Waals surface area contributed by atoms with Crippen molar-refractivity contribution in [2.24, 2.45) is 0 Å². The van der Waals surface area contributed by atoms with Gasteiger partial charge in [-0.05, 0) is 42.8 Å². The van der Waals surface area contributed by atoms with Gasteiger partial charge in [0.15, 0.2) is 0 Å². The van der Waals surface area contributed by atoms with E-state index < -0.39 is 0 Å². The van der Waals surface area contributed by atoms with Crippen molar-refractivity contribution >= 4 is 11.4 Å². The average molecular weight is 361 g/mol. The Morgan fingerprint density at radius 3 is 2.44 bits per heavy atom. The Bertz CT molecular complexity index is 811. The van der Waals surface area contributed by atoms with Gasteiger partial charge in [-0.3, -0.25) is 4.90 Å². The fraction of sp³-hybridized carbons (Fsp3) is 0.348. The van der Waals surface area contributed by atoms with E-state index in [0.29, 0.717) is 0 Å². The molecule has 140 valence electrons. The van der Waals surface area contributed by atoms with Crippen LogP contribution in [0, 0.1) is 18.3 Å². The molecule has 1 aliphatic rings. The van der Waals surface area contributed by atoms with E-state index in [1.165, 1.54) is 11.3 Å². The van der Waals surface area contributed by atoms with Crippen molar-refractivity contribution in [3.63, 3.8) is 0 Å². The summed E-state index contributed by atoms with van der Waals surface area (Å²) < 4.78 is 0. The highest BCUT2D eigenvalue weighted by molar-refractivity contribution is 5.56. The Labute approximate surface area is 162 Å². The standard InChI is InChI=1S/C23H28N4/c1-4-11-26-12-14-27(15-13-26)23-10-7-20(17-24)21(16-23)18-25(3)22-8-5-19(2)6-9-22/h4-10,16H,1,11-15,18H2,2-3H3. The van der Waals surface area contributed by atoms with Crippen LogP contribution in [0.3, 0.4) is 0 Å². The second-order valence-electron chi connectivity index (χ2n) is 7.22. The van der Waals surface area contributed by atoms with Gasteiger partial charge >= 0.3 is 0 Å². The largest absolute Gasteiger partial charge is 0.370 e. The maximum atomic E-state index is 9.54. The molecule has 0 unspecified atom stereocenters. The number of anilines is 2. The fourth-order valence-electron chi connectivity index (χ4n) is 3.53. The third kappa shape index (κ3) is 4.69. The molecule has 0 aromatic heterocycles. The maximum absolute atomic E-state index is 9.54. The van der Waals surface area contributed by atoms with Crippen LogP contribution in [0.1, 0.15) is 16.7 Å². The van der Waals surface area contributed by atoms with E-state index in [1.54, 1.807) is 0 Å². The van der Waals surface area contributed by atoms with Crippen LogP contribution in [0.4, 0.5) is 11.4 Å². The summed E-state index contributed by atoms with van der Waals surface area (Å²) in [4.78, 5) is 7.02.